The monoisotopic (exact) mass is 636 g/mol. The van der Waals surface area contributed by atoms with E-state index in [1.165, 1.54) is 77.0 Å². The third-order valence-electron chi connectivity index (χ3n) is 10.1. The molecule has 234 valence electrons. The number of rotatable bonds is 5. The van der Waals surface area contributed by atoms with Crippen molar-refractivity contribution >= 4 is 43.6 Å². The summed E-state index contributed by atoms with van der Waals surface area (Å²) >= 11 is 0. The number of hydrogen-bond donors (Lipinski definition) is 0. The van der Waals surface area contributed by atoms with Crippen LogP contribution in [0.5, 0.6) is 0 Å². The van der Waals surface area contributed by atoms with E-state index in [0.29, 0.717) is 0 Å². The predicted octanol–water partition coefficient (Wildman–Crippen LogP) is 12.9. The fourth-order valence-corrected chi connectivity index (χ4v) is 7.78. The Kier molecular flexibility index (Phi) is 6.53. The Labute approximate surface area is 290 Å². The minimum absolute atomic E-state index is 1.14. The summed E-state index contributed by atoms with van der Waals surface area (Å²) in [5.74, 6) is 0. The summed E-state index contributed by atoms with van der Waals surface area (Å²) in [6, 6.07) is 70.3. The molecule has 10 rings (SSSR count). The van der Waals surface area contributed by atoms with Crippen molar-refractivity contribution in [1.29, 1.82) is 0 Å². The standard InChI is InChI=1S/C48H32N2/c1-4-12-33(13-5-1)35-20-22-36(23-21-35)37-24-27-40(28-25-37)50-45-30-26-38(34-14-6-2-7-15-34)32-43(45)41-29-31-46-47(48(41)50)42-18-10-11-19-44(42)49(46)39-16-8-3-9-17-39/h1-32H. The van der Waals surface area contributed by atoms with Crippen LogP contribution in [0.4, 0.5) is 0 Å². The number of fused-ring (bicyclic) bond motifs is 7. The SMILES string of the molecule is c1ccc(-c2ccc(-c3ccc(-n4c5ccc(-c6ccccc6)cc5c5ccc6c(c7ccccc7n6-c6ccccc6)c54)cc3)cc2)cc1. The van der Waals surface area contributed by atoms with E-state index in [1.807, 2.05) is 0 Å². The minimum Gasteiger partial charge on any atom is -0.309 e. The molecule has 0 aliphatic carbocycles. The van der Waals surface area contributed by atoms with Crippen molar-refractivity contribution in [2.24, 2.45) is 0 Å². The largest absolute Gasteiger partial charge is 0.309 e. The average Bonchev–Trinajstić information content (AvgIpc) is 3.71. The zero-order chi connectivity index (χ0) is 33.0. The van der Waals surface area contributed by atoms with Crippen LogP contribution in [0.15, 0.2) is 194 Å². The lowest BCUT2D eigenvalue weighted by Gasteiger charge is -2.11. The highest BCUT2D eigenvalue weighted by atomic mass is 15.0. The van der Waals surface area contributed by atoms with Gasteiger partial charge in [0.05, 0.1) is 22.1 Å². The fourth-order valence-electron chi connectivity index (χ4n) is 7.78. The van der Waals surface area contributed by atoms with E-state index in [0.717, 1.165) is 11.4 Å². The van der Waals surface area contributed by atoms with Gasteiger partial charge in [-0.15, -0.1) is 0 Å². The van der Waals surface area contributed by atoms with Gasteiger partial charge in [-0.25, -0.2) is 0 Å². The first-order valence-electron chi connectivity index (χ1n) is 17.2. The van der Waals surface area contributed by atoms with Crippen LogP contribution in [0, 0.1) is 0 Å². The van der Waals surface area contributed by atoms with Crippen LogP contribution in [-0.4, -0.2) is 9.13 Å². The molecule has 0 radical (unpaired) electrons. The average molecular weight is 637 g/mol. The van der Waals surface area contributed by atoms with Crippen molar-refractivity contribution in [1.82, 2.24) is 9.13 Å². The Bertz CT molecular complexity index is 2810. The number of benzene rings is 8. The summed E-state index contributed by atoms with van der Waals surface area (Å²) in [5.41, 5.74) is 14.5. The highest BCUT2D eigenvalue weighted by Crippen LogP contribution is 2.43. The number of nitrogens with zero attached hydrogens (tertiary/aromatic N) is 2. The highest BCUT2D eigenvalue weighted by molar-refractivity contribution is 6.26. The molecular weight excluding hydrogens is 605 g/mol. The third-order valence-corrected chi connectivity index (χ3v) is 10.1. The lowest BCUT2D eigenvalue weighted by atomic mass is 10.0. The lowest BCUT2D eigenvalue weighted by molar-refractivity contribution is 1.17. The van der Waals surface area contributed by atoms with E-state index in [2.05, 4.69) is 203 Å². The molecule has 0 saturated carbocycles. The molecule has 0 unspecified atom stereocenters. The third kappa shape index (κ3) is 4.50. The van der Waals surface area contributed by atoms with Gasteiger partial charge in [-0.05, 0) is 81.9 Å². The summed E-state index contributed by atoms with van der Waals surface area (Å²) in [6.45, 7) is 0. The van der Waals surface area contributed by atoms with Crippen molar-refractivity contribution in [3.8, 4) is 44.8 Å². The van der Waals surface area contributed by atoms with Crippen molar-refractivity contribution in [3.63, 3.8) is 0 Å². The predicted molar refractivity (Wildman–Crippen MR) is 211 cm³/mol. The quantitative estimate of drug-likeness (QED) is 0.178. The Morgan fingerprint density at radius 2 is 0.720 bits per heavy atom. The molecule has 10 aromatic rings. The molecule has 2 aromatic heterocycles. The van der Waals surface area contributed by atoms with Gasteiger partial charge in [0.25, 0.3) is 0 Å². The molecular formula is C48H32N2. The van der Waals surface area contributed by atoms with Gasteiger partial charge in [0.1, 0.15) is 0 Å². The summed E-state index contributed by atoms with van der Waals surface area (Å²) < 4.78 is 4.88. The van der Waals surface area contributed by atoms with Gasteiger partial charge >= 0.3 is 0 Å². The maximum atomic E-state index is 2.48. The van der Waals surface area contributed by atoms with Crippen molar-refractivity contribution in [3.05, 3.63) is 194 Å². The molecule has 2 heteroatoms. The van der Waals surface area contributed by atoms with Gasteiger partial charge in [-0.3, -0.25) is 0 Å². The van der Waals surface area contributed by atoms with Crippen molar-refractivity contribution in [2.45, 2.75) is 0 Å². The molecule has 0 atom stereocenters. The van der Waals surface area contributed by atoms with Gasteiger partial charge < -0.3 is 9.13 Å². The van der Waals surface area contributed by atoms with Gasteiger partial charge in [-0.1, -0.05) is 146 Å². The molecule has 0 spiro atoms. The second kappa shape index (κ2) is 11.5. The summed E-state index contributed by atoms with van der Waals surface area (Å²) in [5, 5.41) is 5.02. The maximum absolute atomic E-state index is 2.48. The van der Waals surface area contributed by atoms with Gasteiger partial charge in [0, 0.05) is 32.9 Å². The zero-order valence-corrected chi connectivity index (χ0v) is 27.4. The Morgan fingerprint density at radius 1 is 0.260 bits per heavy atom. The van der Waals surface area contributed by atoms with E-state index in [9.17, 15) is 0 Å². The second-order valence-corrected chi connectivity index (χ2v) is 13.0. The number of aromatic nitrogens is 2. The molecule has 50 heavy (non-hydrogen) atoms. The molecule has 2 heterocycles. The summed E-state index contributed by atoms with van der Waals surface area (Å²) in [4.78, 5) is 0. The normalized spacial score (nSPS) is 11.6. The van der Waals surface area contributed by atoms with E-state index in [4.69, 9.17) is 0 Å². The van der Waals surface area contributed by atoms with Crippen LogP contribution in [0.1, 0.15) is 0 Å². The maximum Gasteiger partial charge on any atom is 0.0641 e. The zero-order valence-electron chi connectivity index (χ0n) is 27.4. The molecule has 0 aliphatic heterocycles. The first-order chi connectivity index (χ1) is 24.8. The molecule has 0 fully saturated rings. The van der Waals surface area contributed by atoms with Crippen LogP contribution in [0.2, 0.25) is 0 Å². The van der Waals surface area contributed by atoms with Crippen molar-refractivity contribution < 1.29 is 0 Å². The molecule has 8 aromatic carbocycles. The Morgan fingerprint density at radius 3 is 1.38 bits per heavy atom. The molecule has 0 amide bonds. The van der Waals surface area contributed by atoms with Crippen LogP contribution in [-0.2, 0) is 0 Å². The summed E-state index contributed by atoms with van der Waals surface area (Å²) in [7, 11) is 0. The molecule has 0 N–H and O–H groups in total. The second-order valence-electron chi connectivity index (χ2n) is 13.0. The molecule has 2 nitrogen and oxygen atoms in total. The molecule has 0 saturated heterocycles. The first kappa shape index (κ1) is 28.4. The highest BCUT2D eigenvalue weighted by Gasteiger charge is 2.21. The van der Waals surface area contributed by atoms with Gasteiger partial charge in [0.2, 0.25) is 0 Å². The van der Waals surface area contributed by atoms with E-state index < -0.39 is 0 Å². The Hall–Kier alpha value is -6.64. The molecule has 0 aliphatic rings. The Balaban J connectivity index is 1.21. The fraction of sp³-hybridized carbons (Fsp3) is 0. The van der Waals surface area contributed by atoms with Crippen LogP contribution in [0.25, 0.3) is 88.4 Å². The van der Waals surface area contributed by atoms with Crippen LogP contribution < -0.4 is 0 Å². The molecule has 0 bridgehead atoms. The van der Waals surface area contributed by atoms with E-state index in [1.54, 1.807) is 0 Å². The topological polar surface area (TPSA) is 9.86 Å². The van der Waals surface area contributed by atoms with Gasteiger partial charge in [-0.2, -0.15) is 0 Å². The van der Waals surface area contributed by atoms with Crippen LogP contribution >= 0.6 is 0 Å². The van der Waals surface area contributed by atoms with Gasteiger partial charge in [0.15, 0.2) is 0 Å². The van der Waals surface area contributed by atoms with Crippen LogP contribution in [0.3, 0.4) is 0 Å². The number of hydrogen-bond acceptors (Lipinski definition) is 0. The van der Waals surface area contributed by atoms with Crippen molar-refractivity contribution in [2.75, 3.05) is 0 Å². The summed E-state index contributed by atoms with van der Waals surface area (Å²) in [6.07, 6.45) is 0. The minimum atomic E-state index is 1.14. The van der Waals surface area contributed by atoms with E-state index in [-0.39, 0.29) is 0 Å². The smallest absolute Gasteiger partial charge is 0.0641 e. The lowest BCUT2D eigenvalue weighted by Crippen LogP contribution is -1.95. The number of para-hydroxylation sites is 2. The van der Waals surface area contributed by atoms with E-state index >= 15 is 0 Å². The first-order valence-corrected chi connectivity index (χ1v) is 17.2.